The Morgan fingerprint density at radius 3 is 2.59 bits per heavy atom. The van der Waals surface area contributed by atoms with Crippen molar-refractivity contribution in [1.82, 2.24) is 9.38 Å². The first-order chi connectivity index (χ1) is 12.9. The standard InChI is InChI=1S/C19H16F3N3O2/c1-27-18(26)10-4-5-14-13(7-10)23-17(15-3-2-6-25(14)15)24-8-11-12(9-24)16(11)19(20,21)22/h2-7,11-12,16H,8-9H2,1H3. The highest BCUT2D eigenvalue weighted by Crippen LogP contribution is 2.59. The number of hydrogen-bond donors (Lipinski definition) is 0. The lowest BCUT2D eigenvalue weighted by Crippen LogP contribution is -2.29. The Morgan fingerprint density at radius 2 is 1.93 bits per heavy atom. The first-order valence-electron chi connectivity index (χ1n) is 8.69. The first-order valence-corrected chi connectivity index (χ1v) is 8.69. The van der Waals surface area contributed by atoms with Gasteiger partial charge in [0.05, 0.1) is 35.1 Å². The van der Waals surface area contributed by atoms with Gasteiger partial charge in [0.25, 0.3) is 0 Å². The van der Waals surface area contributed by atoms with Crippen molar-refractivity contribution < 1.29 is 22.7 Å². The fourth-order valence-corrected chi connectivity index (χ4v) is 4.42. The van der Waals surface area contributed by atoms with Crippen LogP contribution in [0, 0.1) is 17.8 Å². The molecule has 0 N–H and O–H groups in total. The van der Waals surface area contributed by atoms with Crippen molar-refractivity contribution in [3.63, 3.8) is 0 Å². The van der Waals surface area contributed by atoms with Crippen LogP contribution >= 0.6 is 0 Å². The van der Waals surface area contributed by atoms with Gasteiger partial charge in [-0.1, -0.05) is 0 Å². The van der Waals surface area contributed by atoms with Gasteiger partial charge in [-0.25, -0.2) is 9.78 Å². The average Bonchev–Trinajstić information content (AvgIpc) is 3.01. The Bertz CT molecular complexity index is 1060. The Labute approximate surface area is 152 Å². The molecule has 3 heterocycles. The highest BCUT2D eigenvalue weighted by Gasteiger charge is 2.67. The quantitative estimate of drug-likeness (QED) is 0.643. The molecule has 1 saturated carbocycles. The van der Waals surface area contributed by atoms with E-state index in [1.54, 1.807) is 18.2 Å². The van der Waals surface area contributed by atoms with E-state index in [1.807, 2.05) is 27.6 Å². The predicted octanol–water partition coefficient (Wildman–Crippen LogP) is 3.52. The number of halogens is 3. The van der Waals surface area contributed by atoms with E-state index in [4.69, 9.17) is 9.72 Å². The number of ether oxygens (including phenoxy) is 1. The molecule has 5 nitrogen and oxygen atoms in total. The fourth-order valence-electron chi connectivity index (χ4n) is 4.42. The summed E-state index contributed by atoms with van der Waals surface area (Å²) in [5, 5.41) is 0. The molecule has 1 aliphatic heterocycles. The Hall–Kier alpha value is -2.77. The second-order valence-electron chi connectivity index (χ2n) is 7.19. The molecule has 1 aliphatic carbocycles. The maximum Gasteiger partial charge on any atom is 0.392 e. The Balaban J connectivity index is 1.56. The number of hydrogen-bond acceptors (Lipinski definition) is 4. The normalized spacial score (nSPS) is 24.4. The van der Waals surface area contributed by atoms with Crippen LogP contribution in [-0.2, 0) is 4.74 Å². The van der Waals surface area contributed by atoms with Crippen LogP contribution in [0.3, 0.4) is 0 Å². The van der Waals surface area contributed by atoms with E-state index in [0.29, 0.717) is 30.0 Å². The maximum atomic E-state index is 13.0. The van der Waals surface area contributed by atoms with Crippen LogP contribution in [-0.4, -0.2) is 41.7 Å². The molecule has 1 aromatic carbocycles. The van der Waals surface area contributed by atoms with Gasteiger partial charge < -0.3 is 14.0 Å². The van der Waals surface area contributed by atoms with Crippen LogP contribution in [0.1, 0.15) is 10.4 Å². The molecule has 0 amide bonds. The topological polar surface area (TPSA) is 46.8 Å². The molecular formula is C19H16F3N3O2. The van der Waals surface area contributed by atoms with Crippen LogP contribution in [0.2, 0.25) is 0 Å². The predicted molar refractivity (Wildman–Crippen MR) is 92.8 cm³/mol. The van der Waals surface area contributed by atoms with Crippen LogP contribution in [0.4, 0.5) is 19.0 Å². The summed E-state index contributed by atoms with van der Waals surface area (Å²) < 4.78 is 45.6. The van der Waals surface area contributed by atoms with E-state index in [2.05, 4.69) is 0 Å². The zero-order chi connectivity index (χ0) is 18.9. The molecule has 2 fully saturated rings. The molecule has 8 heteroatoms. The van der Waals surface area contributed by atoms with E-state index in [9.17, 15) is 18.0 Å². The lowest BCUT2D eigenvalue weighted by molar-refractivity contribution is -0.154. The molecule has 1 saturated heterocycles. The molecule has 2 atom stereocenters. The average molecular weight is 375 g/mol. The minimum atomic E-state index is -4.11. The van der Waals surface area contributed by atoms with E-state index < -0.39 is 18.1 Å². The van der Waals surface area contributed by atoms with Crippen molar-refractivity contribution >= 4 is 28.3 Å². The minimum Gasteiger partial charge on any atom is -0.465 e. The molecule has 0 radical (unpaired) electrons. The third-order valence-corrected chi connectivity index (χ3v) is 5.73. The van der Waals surface area contributed by atoms with Gasteiger partial charge in [0.15, 0.2) is 5.82 Å². The zero-order valence-corrected chi connectivity index (χ0v) is 14.4. The molecule has 2 unspecified atom stereocenters. The van der Waals surface area contributed by atoms with Crippen molar-refractivity contribution in [3.8, 4) is 0 Å². The lowest BCUT2D eigenvalue weighted by atomic mass is 10.2. The summed E-state index contributed by atoms with van der Waals surface area (Å²) in [4.78, 5) is 18.4. The lowest BCUT2D eigenvalue weighted by Gasteiger charge is -2.23. The molecule has 2 aromatic heterocycles. The van der Waals surface area contributed by atoms with Crippen LogP contribution in [0.5, 0.6) is 0 Å². The number of piperidine rings is 1. The molecule has 5 rings (SSSR count). The Kier molecular flexibility index (Phi) is 3.26. The van der Waals surface area contributed by atoms with Gasteiger partial charge in [0.2, 0.25) is 0 Å². The highest BCUT2D eigenvalue weighted by molar-refractivity contribution is 5.95. The van der Waals surface area contributed by atoms with Gasteiger partial charge >= 0.3 is 12.1 Å². The summed E-state index contributed by atoms with van der Waals surface area (Å²) in [5.74, 6) is -1.67. The van der Waals surface area contributed by atoms with Crippen molar-refractivity contribution in [2.45, 2.75) is 6.18 Å². The highest BCUT2D eigenvalue weighted by atomic mass is 19.4. The molecule has 2 aliphatic rings. The van der Waals surface area contributed by atoms with Gasteiger partial charge in [-0.2, -0.15) is 13.2 Å². The van der Waals surface area contributed by atoms with E-state index in [-0.39, 0.29) is 11.8 Å². The van der Waals surface area contributed by atoms with E-state index in [0.717, 1.165) is 11.0 Å². The summed E-state index contributed by atoms with van der Waals surface area (Å²) in [6, 6.07) is 8.91. The number of methoxy groups -OCH3 is 1. The van der Waals surface area contributed by atoms with Gasteiger partial charge in [0.1, 0.15) is 0 Å². The molecule has 140 valence electrons. The number of anilines is 1. The van der Waals surface area contributed by atoms with Crippen LogP contribution in [0.15, 0.2) is 36.5 Å². The summed E-state index contributed by atoms with van der Waals surface area (Å²) in [5.41, 5.74) is 2.66. The van der Waals surface area contributed by atoms with Gasteiger partial charge in [-0.05, 0) is 42.2 Å². The number of fused-ring (bicyclic) bond motifs is 4. The number of benzene rings is 1. The van der Waals surface area contributed by atoms with Gasteiger partial charge in [-0.3, -0.25) is 0 Å². The third-order valence-electron chi connectivity index (χ3n) is 5.73. The van der Waals surface area contributed by atoms with E-state index in [1.165, 1.54) is 7.11 Å². The summed E-state index contributed by atoms with van der Waals surface area (Å²) in [7, 11) is 1.31. The number of carbonyl (C=O) groups excluding carboxylic acids is 1. The van der Waals surface area contributed by atoms with Crippen LogP contribution in [0.25, 0.3) is 16.6 Å². The molecule has 0 spiro atoms. The summed E-state index contributed by atoms with van der Waals surface area (Å²) >= 11 is 0. The largest absolute Gasteiger partial charge is 0.465 e. The number of alkyl halides is 3. The smallest absolute Gasteiger partial charge is 0.392 e. The second kappa shape index (κ2) is 5.37. The molecular weight excluding hydrogens is 359 g/mol. The van der Waals surface area contributed by atoms with Crippen molar-refractivity contribution in [1.29, 1.82) is 0 Å². The maximum absolute atomic E-state index is 13.0. The number of aromatic nitrogens is 2. The second-order valence-corrected chi connectivity index (χ2v) is 7.19. The molecule has 27 heavy (non-hydrogen) atoms. The first kappa shape index (κ1) is 16.4. The molecule has 3 aromatic rings. The number of carbonyl (C=O) groups is 1. The van der Waals surface area contributed by atoms with Crippen LogP contribution < -0.4 is 4.90 Å². The molecule has 0 bridgehead atoms. The van der Waals surface area contributed by atoms with Crippen molar-refractivity contribution in [2.24, 2.45) is 17.8 Å². The monoisotopic (exact) mass is 375 g/mol. The summed E-state index contributed by atoms with van der Waals surface area (Å²) in [6.45, 7) is 0.704. The van der Waals surface area contributed by atoms with E-state index >= 15 is 0 Å². The number of esters is 1. The van der Waals surface area contributed by atoms with Gasteiger partial charge in [0, 0.05) is 19.3 Å². The third kappa shape index (κ3) is 2.39. The fraction of sp³-hybridized carbons (Fsp3) is 0.368. The number of nitrogens with zero attached hydrogens (tertiary/aromatic N) is 3. The number of rotatable bonds is 2. The summed E-state index contributed by atoms with van der Waals surface area (Å²) in [6.07, 6.45) is -2.23. The Morgan fingerprint density at radius 1 is 1.19 bits per heavy atom. The van der Waals surface area contributed by atoms with Gasteiger partial charge in [-0.15, -0.1) is 0 Å². The SMILES string of the molecule is COC(=O)c1ccc2c(c1)nc(N1CC3C(C1)C3C(F)(F)F)c1cccn12. The van der Waals surface area contributed by atoms with Crippen molar-refractivity contribution in [2.75, 3.05) is 25.1 Å². The van der Waals surface area contributed by atoms with Crippen molar-refractivity contribution in [3.05, 3.63) is 42.1 Å². The zero-order valence-electron chi connectivity index (χ0n) is 14.4. The minimum absolute atomic E-state index is 0.348.